The van der Waals surface area contributed by atoms with Crippen LogP contribution in [-0.2, 0) is 29.3 Å². The van der Waals surface area contributed by atoms with Crippen molar-refractivity contribution in [1.29, 1.82) is 0 Å². The van der Waals surface area contributed by atoms with Crippen molar-refractivity contribution >= 4 is 22.8 Å². The van der Waals surface area contributed by atoms with Crippen LogP contribution in [0.2, 0.25) is 0 Å². The Balaban J connectivity index is 0.000000679. The molecule has 4 nitrogen and oxygen atoms in total. The summed E-state index contributed by atoms with van der Waals surface area (Å²) in [6.45, 7) is 17.5. The van der Waals surface area contributed by atoms with E-state index < -0.39 is 0 Å². The number of aryl methyl sites for hydroxylation is 5. The Hall–Kier alpha value is -2.91. The van der Waals surface area contributed by atoms with Gasteiger partial charge in [-0.25, -0.2) is 0 Å². The topological polar surface area (TPSA) is 70.8 Å². The molecular formula is C49H74N2NiO2. The van der Waals surface area contributed by atoms with E-state index in [-0.39, 0.29) is 28.0 Å². The summed E-state index contributed by atoms with van der Waals surface area (Å²) in [7, 11) is 0. The molecule has 0 spiro atoms. The van der Waals surface area contributed by atoms with Crippen molar-refractivity contribution in [2.75, 3.05) is 0 Å². The van der Waals surface area contributed by atoms with Crippen LogP contribution in [-0.4, -0.2) is 11.4 Å². The van der Waals surface area contributed by atoms with E-state index in [0.717, 1.165) is 73.9 Å². The Bertz CT molecular complexity index is 1530. The van der Waals surface area contributed by atoms with Crippen LogP contribution in [0, 0.1) is 27.7 Å². The van der Waals surface area contributed by atoms with Crippen molar-refractivity contribution in [3.8, 4) is 11.5 Å². The number of rotatable bonds is 24. The summed E-state index contributed by atoms with van der Waals surface area (Å²) in [6, 6.07) is 16.4. The zero-order valence-corrected chi connectivity index (χ0v) is 36.5. The van der Waals surface area contributed by atoms with E-state index in [1.54, 1.807) is 0 Å². The van der Waals surface area contributed by atoms with Gasteiger partial charge in [0.05, 0.1) is 22.8 Å². The number of aliphatic imine (C=N–C) groups is 2. The fraction of sp³-hybridized carbons (Fsp3) is 0.592. The molecule has 0 N–H and O–H groups in total. The van der Waals surface area contributed by atoms with Crippen LogP contribution in [0.1, 0.15) is 183 Å². The zero-order chi connectivity index (χ0) is 38.8. The molecule has 54 heavy (non-hydrogen) atoms. The van der Waals surface area contributed by atoms with E-state index in [0.29, 0.717) is 0 Å². The van der Waals surface area contributed by atoms with E-state index in [2.05, 4.69) is 91.8 Å². The minimum atomic E-state index is -0.352. The third-order valence-corrected chi connectivity index (χ3v) is 10.5. The monoisotopic (exact) mass is 781 g/mol. The molecule has 0 saturated heterocycles. The number of hydrogen-bond acceptors (Lipinski definition) is 4. The quantitative estimate of drug-likeness (QED) is 0.0516. The molecule has 0 aliphatic heterocycles. The molecule has 0 saturated carbocycles. The van der Waals surface area contributed by atoms with E-state index in [4.69, 9.17) is 9.98 Å². The van der Waals surface area contributed by atoms with Gasteiger partial charge < -0.3 is 10.2 Å². The standard InChI is InChI=1S/C34H52N2.C15H24O2.Ni/c1-7-9-11-12-13-14-15-16-17-18-20-34(36-32-24-22-28(4)30(6)26-32)33(19-10-8-2)35-31-23-21-27(3)29(5)25-31;1-3-5-7-8-12-10-11-14(16)15(17)13(12)9-6-4-2;/h21-26H,7-20H2,1-6H3;10-11,16-17H,3-9H2,1-2H3;/q;;+2/p-2. The largest absolute Gasteiger partial charge is 2.00 e. The molecule has 3 aromatic rings. The molecule has 0 radical (unpaired) electrons. The zero-order valence-electron chi connectivity index (χ0n) is 35.5. The smallest absolute Gasteiger partial charge is 0.873 e. The van der Waals surface area contributed by atoms with Gasteiger partial charge in [0.2, 0.25) is 0 Å². The fourth-order valence-corrected chi connectivity index (χ4v) is 6.63. The minimum Gasteiger partial charge on any atom is -0.873 e. The summed E-state index contributed by atoms with van der Waals surface area (Å²) in [6.07, 6.45) is 25.0. The molecular weight excluding hydrogens is 707 g/mol. The molecule has 0 aromatic heterocycles. The maximum Gasteiger partial charge on any atom is 2.00 e. The second kappa shape index (κ2) is 29.4. The van der Waals surface area contributed by atoms with Crippen LogP contribution in [0.4, 0.5) is 11.4 Å². The second-order valence-electron chi connectivity index (χ2n) is 15.3. The number of nitrogens with zero attached hydrogens (tertiary/aromatic N) is 2. The molecule has 0 heterocycles. The van der Waals surface area contributed by atoms with Gasteiger partial charge in [-0.2, -0.15) is 0 Å². The number of benzene rings is 3. The third-order valence-electron chi connectivity index (χ3n) is 10.5. The summed E-state index contributed by atoms with van der Waals surface area (Å²) >= 11 is 0. The van der Waals surface area contributed by atoms with E-state index in [1.807, 2.05) is 6.07 Å². The Morgan fingerprint density at radius 1 is 0.463 bits per heavy atom. The summed E-state index contributed by atoms with van der Waals surface area (Å²) in [5.41, 5.74) is 11.6. The first kappa shape index (κ1) is 49.1. The molecule has 302 valence electrons. The Labute approximate surface area is 341 Å². The summed E-state index contributed by atoms with van der Waals surface area (Å²) in [4.78, 5) is 10.4. The van der Waals surface area contributed by atoms with Gasteiger partial charge in [-0.05, 0) is 131 Å². The SMILES string of the molecule is CCCCCCCCCCCCC(=Nc1ccc(C)c(C)c1)C(CCCC)=Nc1ccc(C)c(C)c1.CCCCCc1ccc([O-])c([O-])c1CCCC.[Ni+2]. The molecule has 5 heteroatoms. The minimum absolute atomic E-state index is 0. The van der Waals surface area contributed by atoms with Crippen LogP contribution < -0.4 is 10.2 Å². The molecule has 0 bridgehead atoms. The van der Waals surface area contributed by atoms with E-state index >= 15 is 0 Å². The average Bonchev–Trinajstić information content (AvgIpc) is 3.15. The number of hydrogen-bond donors (Lipinski definition) is 0. The van der Waals surface area contributed by atoms with Crippen LogP contribution in [0.15, 0.2) is 58.5 Å². The summed E-state index contributed by atoms with van der Waals surface area (Å²) in [5, 5.41) is 23.2. The van der Waals surface area contributed by atoms with E-state index in [1.165, 1.54) is 123 Å². The van der Waals surface area contributed by atoms with Gasteiger partial charge in [0.15, 0.2) is 0 Å². The van der Waals surface area contributed by atoms with Gasteiger partial charge in [0.1, 0.15) is 0 Å². The predicted molar refractivity (Wildman–Crippen MR) is 229 cm³/mol. The van der Waals surface area contributed by atoms with Gasteiger partial charge >= 0.3 is 16.5 Å². The van der Waals surface area contributed by atoms with Crippen molar-refractivity contribution < 1.29 is 26.7 Å². The second-order valence-corrected chi connectivity index (χ2v) is 15.3. The first-order valence-corrected chi connectivity index (χ1v) is 21.4. The molecule has 3 rings (SSSR count). The molecule has 0 amide bonds. The molecule has 0 aliphatic carbocycles. The Morgan fingerprint density at radius 3 is 1.39 bits per heavy atom. The van der Waals surface area contributed by atoms with Crippen LogP contribution in [0.3, 0.4) is 0 Å². The van der Waals surface area contributed by atoms with Crippen LogP contribution in [0.5, 0.6) is 11.5 Å². The van der Waals surface area contributed by atoms with Gasteiger partial charge in [-0.3, -0.25) is 9.98 Å². The van der Waals surface area contributed by atoms with Crippen molar-refractivity contribution in [2.24, 2.45) is 9.98 Å². The van der Waals surface area contributed by atoms with Gasteiger partial charge in [-0.1, -0.05) is 141 Å². The molecule has 0 atom stereocenters. The fourth-order valence-electron chi connectivity index (χ4n) is 6.63. The molecule has 0 aliphatic rings. The van der Waals surface area contributed by atoms with Crippen molar-refractivity contribution in [1.82, 2.24) is 0 Å². The third kappa shape index (κ3) is 19.1. The maximum absolute atomic E-state index is 11.8. The molecule has 3 aromatic carbocycles. The molecule has 0 unspecified atom stereocenters. The van der Waals surface area contributed by atoms with Crippen molar-refractivity contribution in [3.05, 3.63) is 81.9 Å². The number of unbranched alkanes of at least 4 members (excludes halogenated alkanes) is 13. The van der Waals surface area contributed by atoms with Gasteiger partial charge in [-0.15, -0.1) is 11.5 Å². The van der Waals surface area contributed by atoms with Gasteiger partial charge in [0, 0.05) is 0 Å². The molecule has 0 fully saturated rings. The summed E-state index contributed by atoms with van der Waals surface area (Å²) in [5.74, 6) is -0.622. The van der Waals surface area contributed by atoms with Crippen molar-refractivity contribution in [2.45, 2.75) is 190 Å². The van der Waals surface area contributed by atoms with E-state index in [9.17, 15) is 10.2 Å². The first-order chi connectivity index (χ1) is 25.6. The van der Waals surface area contributed by atoms with Crippen LogP contribution >= 0.6 is 0 Å². The van der Waals surface area contributed by atoms with Gasteiger partial charge in [0.25, 0.3) is 0 Å². The van der Waals surface area contributed by atoms with Crippen LogP contribution in [0.25, 0.3) is 0 Å². The first-order valence-electron chi connectivity index (χ1n) is 21.4. The normalized spacial score (nSPS) is 11.6. The Kier molecular flexibility index (Phi) is 26.7. The summed E-state index contributed by atoms with van der Waals surface area (Å²) < 4.78 is 0. The average molecular weight is 782 g/mol. The van der Waals surface area contributed by atoms with Crippen molar-refractivity contribution in [3.63, 3.8) is 0 Å². The maximum atomic E-state index is 11.8. The Morgan fingerprint density at radius 2 is 0.907 bits per heavy atom. The predicted octanol–water partition coefficient (Wildman–Crippen LogP) is 14.2.